The van der Waals surface area contributed by atoms with Crippen LogP contribution in [0.15, 0.2) is 72.8 Å². The molecule has 4 nitrogen and oxygen atoms in total. The quantitative estimate of drug-likeness (QED) is 0.199. The van der Waals surface area contributed by atoms with E-state index in [1.807, 2.05) is 0 Å². The van der Waals surface area contributed by atoms with Crippen molar-refractivity contribution in [3.63, 3.8) is 0 Å². The first-order chi connectivity index (χ1) is 17.9. The van der Waals surface area contributed by atoms with E-state index >= 15 is 0 Å². The number of carbonyl (C=O) groups is 2. The number of halogens is 6. The predicted molar refractivity (Wildman–Crippen MR) is 128 cm³/mol. The molecule has 0 radical (unpaired) electrons. The third kappa shape index (κ3) is 4.81. The van der Waals surface area contributed by atoms with Gasteiger partial charge in [0, 0.05) is 5.56 Å². The second-order valence-corrected chi connectivity index (χ2v) is 8.18. The van der Waals surface area contributed by atoms with Crippen molar-refractivity contribution in [3.05, 3.63) is 95.1 Å². The molecule has 4 rings (SSSR count). The lowest BCUT2D eigenvalue weighted by Crippen LogP contribution is -2.15. The first kappa shape index (κ1) is 26.7. The standard InChI is InChI=1S/C28H18F6O4/c1-37-25(35)23-20-6-4-3-5-19(20)21(15-7-11-17(12-8-15)27(29,30)31)22(24(23)26(36)38-2)16-9-13-18(14-10-16)28(32,33)34/h3-14H,1-2H3. The Morgan fingerprint density at radius 2 is 0.947 bits per heavy atom. The highest BCUT2D eigenvalue weighted by atomic mass is 19.4. The molecule has 0 aromatic heterocycles. The van der Waals surface area contributed by atoms with E-state index in [2.05, 4.69) is 0 Å². The van der Waals surface area contributed by atoms with Gasteiger partial charge in [0.2, 0.25) is 0 Å². The number of rotatable bonds is 4. The molecule has 0 saturated carbocycles. The van der Waals surface area contributed by atoms with E-state index in [-0.39, 0.29) is 38.8 Å². The summed E-state index contributed by atoms with van der Waals surface area (Å²) in [6, 6.07) is 14.3. The zero-order valence-corrected chi connectivity index (χ0v) is 19.8. The van der Waals surface area contributed by atoms with Crippen molar-refractivity contribution in [2.24, 2.45) is 0 Å². The Morgan fingerprint density at radius 3 is 1.37 bits per heavy atom. The topological polar surface area (TPSA) is 52.6 Å². The van der Waals surface area contributed by atoms with Gasteiger partial charge in [0.15, 0.2) is 0 Å². The van der Waals surface area contributed by atoms with Gasteiger partial charge in [0.1, 0.15) is 0 Å². The van der Waals surface area contributed by atoms with Crippen LogP contribution in [0.4, 0.5) is 26.3 Å². The lowest BCUT2D eigenvalue weighted by molar-refractivity contribution is -0.138. The summed E-state index contributed by atoms with van der Waals surface area (Å²) in [4.78, 5) is 26.1. The van der Waals surface area contributed by atoms with Crippen LogP contribution in [-0.4, -0.2) is 26.2 Å². The molecule has 4 aromatic carbocycles. The molecule has 0 spiro atoms. The lowest BCUT2D eigenvalue weighted by Gasteiger charge is -2.21. The summed E-state index contributed by atoms with van der Waals surface area (Å²) in [5.41, 5.74) is -1.80. The second kappa shape index (κ2) is 9.85. The van der Waals surface area contributed by atoms with Crippen LogP contribution in [0.2, 0.25) is 0 Å². The fraction of sp³-hybridized carbons (Fsp3) is 0.143. The lowest BCUT2D eigenvalue weighted by atomic mass is 9.82. The van der Waals surface area contributed by atoms with Crippen molar-refractivity contribution < 1.29 is 45.4 Å². The van der Waals surface area contributed by atoms with Gasteiger partial charge in [-0.1, -0.05) is 48.5 Å². The summed E-state index contributed by atoms with van der Waals surface area (Å²) in [5, 5.41) is 0.598. The zero-order chi connectivity index (χ0) is 27.8. The molecule has 38 heavy (non-hydrogen) atoms. The Kier molecular flexibility index (Phi) is 6.92. The van der Waals surface area contributed by atoms with Crippen LogP contribution in [0.25, 0.3) is 33.0 Å². The predicted octanol–water partition coefficient (Wildman–Crippen LogP) is 7.78. The maximum atomic E-state index is 13.3. The van der Waals surface area contributed by atoms with Crippen LogP contribution in [0.1, 0.15) is 31.8 Å². The first-order valence-corrected chi connectivity index (χ1v) is 11.0. The molecule has 4 aromatic rings. The number of benzene rings is 4. The van der Waals surface area contributed by atoms with Crippen molar-refractivity contribution in [3.8, 4) is 22.3 Å². The molecule has 196 valence electrons. The summed E-state index contributed by atoms with van der Waals surface area (Å²) in [6.07, 6.45) is -9.25. The first-order valence-electron chi connectivity index (χ1n) is 11.0. The SMILES string of the molecule is COC(=O)c1c(-c2ccc(C(F)(F)F)cc2)c(-c2ccc(C(F)(F)F)cc2)c2ccccc2c1C(=O)OC. The van der Waals surface area contributed by atoms with Crippen LogP contribution in [0.5, 0.6) is 0 Å². The summed E-state index contributed by atoms with van der Waals surface area (Å²) < 4.78 is 89.4. The number of fused-ring (bicyclic) bond motifs is 1. The highest BCUT2D eigenvalue weighted by Gasteiger charge is 2.34. The normalized spacial score (nSPS) is 11.9. The fourth-order valence-corrected chi connectivity index (χ4v) is 4.30. The number of hydrogen-bond donors (Lipinski definition) is 0. The van der Waals surface area contributed by atoms with Crippen LogP contribution >= 0.6 is 0 Å². The largest absolute Gasteiger partial charge is 0.465 e. The van der Waals surface area contributed by atoms with Gasteiger partial charge >= 0.3 is 24.3 Å². The number of ether oxygens (including phenoxy) is 2. The smallest absolute Gasteiger partial charge is 0.416 e. The van der Waals surface area contributed by atoms with Gasteiger partial charge in [-0.2, -0.15) is 26.3 Å². The van der Waals surface area contributed by atoms with E-state index in [1.165, 1.54) is 18.2 Å². The van der Waals surface area contributed by atoms with Crippen molar-refractivity contribution in [1.82, 2.24) is 0 Å². The van der Waals surface area contributed by atoms with Crippen LogP contribution < -0.4 is 0 Å². The minimum Gasteiger partial charge on any atom is -0.465 e. The number of methoxy groups -OCH3 is 2. The molecular weight excluding hydrogens is 514 g/mol. The molecule has 0 unspecified atom stereocenters. The molecule has 0 atom stereocenters. The number of carbonyl (C=O) groups excluding carboxylic acids is 2. The second-order valence-electron chi connectivity index (χ2n) is 8.18. The zero-order valence-electron chi connectivity index (χ0n) is 19.8. The van der Waals surface area contributed by atoms with E-state index in [0.29, 0.717) is 5.39 Å². The summed E-state index contributed by atoms with van der Waals surface area (Å²) in [7, 11) is 2.16. The average molecular weight is 532 g/mol. The third-order valence-electron chi connectivity index (χ3n) is 6.00. The average Bonchev–Trinajstić information content (AvgIpc) is 2.90. The molecule has 0 bridgehead atoms. The van der Waals surface area contributed by atoms with Crippen LogP contribution in [0, 0.1) is 0 Å². The molecule has 0 amide bonds. The Balaban J connectivity index is 2.19. The molecular formula is C28H18F6O4. The van der Waals surface area contributed by atoms with Crippen LogP contribution in [-0.2, 0) is 21.8 Å². The number of alkyl halides is 6. The Bertz CT molecular complexity index is 1520. The Morgan fingerprint density at radius 1 is 0.553 bits per heavy atom. The van der Waals surface area contributed by atoms with E-state index in [9.17, 15) is 35.9 Å². The number of esters is 2. The molecule has 0 fully saturated rings. The van der Waals surface area contributed by atoms with E-state index in [1.54, 1.807) is 18.2 Å². The summed E-state index contributed by atoms with van der Waals surface area (Å²) >= 11 is 0. The van der Waals surface area contributed by atoms with Gasteiger partial charge in [0.05, 0.1) is 36.5 Å². The fourth-order valence-electron chi connectivity index (χ4n) is 4.30. The summed E-state index contributed by atoms with van der Waals surface area (Å²) in [5.74, 6) is -1.90. The third-order valence-corrected chi connectivity index (χ3v) is 6.00. The molecule has 10 heteroatoms. The highest BCUT2D eigenvalue weighted by molar-refractivity contribution is 6.21. The van der Waals surface area contributed by atoms with E-state index < -0.39 is 35.4 Å². The molecule has 0 saturated heterocycles. The molecule has 0 N–H and O–H groups in total. The maximum absolute atomic E-state index is 13.3. The van der Waals surface area contributed by atoms with Crippen molar-refractivity contribution in [1.29, 1.82) is 0 Å². The van der Waals surface area contributed by atoms with E-state index in [0.717, 1.165) is 50.6 Å². The molecule has 0 heterocycles. The van der Waals surface area contributed by atoms with Gasteiger partial charge in [-0.25, -0.2) is 9.59 Å². The van der Waals surface area contributed by atoms with Gasteiger partial charge in [-0.05, 0) is 51.7 Å². The van der Waals surface area contributed by atoms with Crippen molar-refractivity contribution in [2.45, 2.75) is 12.4 Å². The van der Waals surface area contributed by atoms with E-state index in [4.69, 9.17) is 9.47 Å². The van der Waals surface area contributed by atoms with Gasteiger partial charge in [0.25, 0.3) is 0 Å². The highest BCUT2D eigenvalue weighted by Crippen LogP contribution is 2.45. The van der Waals surface area contributed by atoms with Crippen LogP contribution in [0.3, 0.4) is 0 Å². The maximum Gasteiger partial charge on any atom is 0.416 e. The van der Waals surface area contributed by atoms with Crippen molar-refractivity contribution >= 4 is 22.7 Å². The molecule has 0 aliphatic rings. The van der Waals surface area contributed by atoms with Crippen molar-refractivity contribution in [2.75, 3.05) is 14.2 Å². The van der Waals surface area contributed by atoms with Gasteiger partial charge in [-0.3, -0.25) is 0 Å². The molecule has 0 aliphatic carbocycles. The number of hydrogen-bond acceptors (Lipinski definition) is 4. The minimum atomic E-state index is -4.64. The summed E-state index contributed by atoms with van der Waals surface area (Å²) in [6.45, 7) is 0. The Hall–Kier alpha value is -4.34. The van der Waals surface area contributed by atoms with Gasteiger partial charge in [-0.15, -0.1) is 0 Å². The van der Waals surface area contributed by atoms with Gasteiger partial charge < -0.3 is 9.47 Å². The Labute approximate surface area is 212 Å². The minimum absolute atomic E-state index is 0.00410. The monoisotopic (exact) mass is 532 g/mol. The molecule has 0 aliphatic heterocycles.